The Bertz CT molecular complexity index is 880. The number of quaternary nitrogens is 1. The fourth-order valence-electron chi connectivity index (χ4n) is 2.85. The molecule has 0 radical (unpaired) electrons. The molecule has 2 aromatic carbocycles. The van der Waals surface area contributed by atoms with Gasteiger partial charge in [-0.2, -0.15) is 9.78 Å². The molecule has 0 fully saturated rings. The summed E-state index contributed by atoms with van der Waals surface area (Å²) in [6.07, 6.45) is 1.82. The predicted octanol–water partition coefficient (Wildman–Crippen LogP) is 2.69. The van der Waals surface area contributed by atoms with Crippen LogP contribution in [0.5, 0.6) is 0 Å². The van der Waals surface area contributed by atoms with Gasteiger partial charge in [0.1, 0.15) is 12.9 Å². The lowest BCUT2D eigenvalue weighted by Crippen LogP contribution is -3.07. The molecule has 0 spiro atoms. The molecular weight excluding hydrogens is 316 g/mol. The molecule has 1 N–H and O–H groups in total. The molecule has 0 aliphatic rings. The number of nitrogens with zero attached hydrogens (tertiary/aromatic N) is 3. The number of hydrogen-bond acceptors (Lipinski definition) is 2. The summed E-state index contributed by atoms with van der Waals surface area (Å²) in [6.45, 7) is 5.87. The van der Waals surface area contributed by atoms with Crippen molar-refractivity contribution in [2.24, 2.45) is 0 Å². The fraction of sp³-hybridized carbons (Fsp3) is 0.263. The molecule has 1 aromatic heterocycles. The summed E-state index contributed by atoms with van der Waals surface area (Å²) in [7, 11) is 2.16. The van der Waals surface area contributed by atoms with Crippen molar-refractivity contribution in [1.29, 1.82) is 0 Å². The summed E-state index contributed by atoms with van der Waals surface area (Å²) < 4.78 is 4.62. The molecule has 0 aliphatic heterocycles. The Morgan fingerprint density at radius 3 is 2.58 bits per heavy atom. The zero-order valence-electron chi connectivity index (χ0n) is 14.4. The van der Waals surface area contributed by atoms with Gasteiger partial charge in [0.25, 0.3) is 0 Å². The maximum absolute atomic E-state index is 5.64. The van der Waals surface area contributed by atoms with Crippen LogP contribution in [0.3, 0.4) is 0 Å². The van der Waals surface area contributed by atoms with E-state index in [9.17, 15) is 0 Å². The molecule has 24 heavy (non-hydrogen) atoms. The van der Waals surface area contributed by atoms with Gasteiger partial charge in [-0.3, -0.25) is 4.57 Å². The first kappa shape index (κ1) is 16.6. The van der Waals surface area contributed by atoms with Gasteiger partial charge in [-0.15, -0.1) is 0 Å². The van der Waals surface area contributed by atoms with Gasteiger partial charge in [0.05, 0.1) is 12.7 Å². The molecule has 0 saturated heterocycles. The van der Waals surface area contributed by atoms with E-state index in [1.807, 2.05) is 21.6 Å². The van der Waals surface area contributed by atoms with Crippen molar-refractivity contribution in [3.63, 3.8) is 0 Å². The van der Waals surface area contributed by atoms with Crippen molar-refractivity contribution in [1.82, 2.24) is 14.3 Å². The number of aryl methyl sites for hydroxylation is 2. The number of nitrogens with one attached hydrogen (secondary N) is 1. The average Bonchev–Trinajstić information content (AvgIpc) is 2.91. The topological polar surface area (TPSA) is 27.2 Å². The normalized spacial score (nSPS) is 12.3. The monoisotopic (exact) mass is 339 g/mol. The largest absolute Gasteiger partial charge is 0.315 e. The Kier molecular flexibility index (Phi) is 4.92. The molecule has 124 valence electrons. The number of aromatic nitrogens is 3. The van der Waals surface area contributed by atoms with E-state index >= 15 is 0 Å². The lowest BCUT2D eigenvalue weighted by molar-refractivity contribution is -0.917. The molecule has 0 bridgehead atoms. The summed E-state index contributed by atoms with van der Waals surface area (Å²) >= 11 is 5.64. The number of rotatable bonds is 5. The van der Waals surface area contributed by atoms with Crippen LogP contribution in [-0.2, 0) is 13.2 Å². The van der Waals surface area contributed by atoms with Gasteiger partial charge in [0.15, 0.2) is 6.67 Å². The predicted molar refractivity (Wildman–Crippen MR) is 98.9 cm³/mol. The van der Waals surface area contributed by atoms with E-state index in [-0.39, 0.29) is 0 Å². The minimum absolute atomic E-state index is 0.733. The van der Waals surface area contributed by atoms with Gasteiger partial charge < -0.3 is 4.90 Å². The van der Waals surface area contributed by atoms with Crippen LogP contribution in [0, 0.1) is 18.6 Å². The summed E-state index contributed by atoms with van der Waals surface area (Å²) in [5, 5.41) is 4.50. The van der Waals surface area contributed by atoms with Gasteiger partial charge in [0, 0.05) is 5.56 Å². The molecular formula is C19H23N4S+. The van der Waals surface area contributed by atoms with Crippen molar-refractivity contribution in [2.75, 3.05) is 7.05 Å². The van der Waals surface area contributed by atoms with E-state index < -0.39 is 0 Å². The highest BCUT2D eigenvalue weighted by Crippen LogP contribution is 2.16. The van der Waals surface area contributed by atoms with E-state index in [1.165, 1.54) is 21.6 Å². The second kappa shape index (κ2) is 7.11. The molecule has 1 atom stereocenters. The number of hydrogen-bond donors (Lipinski definition) is 1. The second-order valence-corrected chi connectivity index (χ2v) is 6.72. The van der Waals surface area contributed by atoms with E-state index in [4.69, 9.17) is 12.2 Å². The van der Waals surface area contributed by atoms with Gasteiger partial charge in [0.2, 0.25) is 4.77 Å². The number of benzene rings is 2. The Morgan fingerprint density at radius 2 is 1.83 bits per heavy atom. The van der Waals surface area contributed by atoms with Crippen molar-refractivity contribution in [2.45, 2.75) is 27.1 Å². The van der Waals surface area contributed by atoms with Crippen molar-refractivity contribution >= 4 is 12.2 Å². The van der Waals surface area contributed by atoms with Gasteiger partial charge in [-0.05, 0) is 43.3 Å². The maximum atomic E-state index is 5.64. The highest BCUT2D eigenvalue weighted by Gasteiger charge is 2.10. The molecule has 0 amide bonds. The van der Waals surface area contributed by atoms with Crippen LogP contribution in [0.2, 0.25) is 0 Å². The summed E-state index contributed by atoms with van der Waals surface area (Å²) in [4.78, 5) is 1.34. The van der Waals surface area contributed by atoms with E-state index in [1.54, 1.807) is 0 Å². The Labute approximate surface area is 148 Å². The lowest BCUT2D eigenvalue weighted by atomic mass is 10.1. The van der Waals surface area contributed by atoms with Crippen molar-refractivity contribution < 1.29 is 4.90 Å². The smallest absolute Gasteiger partial charge is 0.207 e. The van der Waals surface area contributed by atoms with Gasteiger partial charge in [-0.25, -0.2) is 0 Å². The molecule has 1 heterocycles. The van der Waals surface area contributed by atoms with Crippen molar-refractivity contribution in [3.8, 4) is 5.69 Å². The first-order valence-corrected chi connectivity index (χ1v) is 8.53. The quantitative estimate of drug-likeness (QED) is 0.724. The van der Waals surface area contributed by atoms with Crippen molar-refractivity contribution in [3.05, 3.63) is 76.3 Å². The van der Waals surface area contributed by atoms with Gasteiger partial charge >= 0.3 is 0 Å². The zero-order valence-corrected chi connectivity index (χ0v) is 15.2. The highest BCUT2D eigenvalue weighted by atomic mass is 32.1. The van der Waals surface area contributed by atoms with Crippen LogP contribution < -0.4 is 4.90 Å². The molecule has 3 aromatic rings. The first-order valence-electron chi connectivity index (χ1n) is 8.12. The molecule has 0 aliphatic carbocycles. The van der Waals surface area contributed by atoms with Gasteiger partial charge in [-0.1, -0.05) is 42.5 Å². The highest BCUT2D eigenvalue weighted by molar-refractivity contribution is 7.71. The van der Waals surface area contributed by atoms with Crippen LogP contribution >= 0.6 is 12.2 Å². The molecule has 3 rings (SSSR count). The van der Waals surface area contributed by atoms with E-state index in [0.29, 0.717) is 0 Å². The van der Waals surface area contributed by atoms with E-state index in [0.717, 1.165) is 23.7 Å². The molecule has 4 nitrogen and oxygen atoms in total. The second-order valence-electron chi connectivity index (χ2n) is 6.35. The van der Waals surface area contributed by atoms with Crippen LogP contribution in [0.4, 0.5) is 0 Å². The van der Waals surface area contributed by atoms with Crippen LogP contribution in [0.1, 0.15) is 16.7 Å². The first-order chi connectivity index (χ1) is 11.5. The minimum Gasteiger partial charge on any atom is -0.315 e. The summed E-state index contributed by atoms with van der Waals surface area (Å²) in [5.74, 6) is 0. The summed E-state index contributed by atoms with van der Waals surface area (Å²) in [5.41, 5.74) is 4.83. The summed E-state index contributed by atoms with van der Waals surface area (Å²) in [6, 6.07) is 16.9. The standard InChI is InChI=1S/C19H22N4S/c1-15-9-10-16(2)18(11-15)22-13-20-23(19(22)24)14-21(3)12-17-7-5-4-6-8-17/h4-11,13H,12,14H2,1-3H3/p+1. The maximum Gasteiger partial charge on any atom is 0.207 e. The van der Waals surface area contributed by atoms with Crippen LogP contribution in [0.25, 0.3) is 5.69 Å². The zero-order chi connectivity index (χ0) is 17.1. The fourth-order valence-corrected chi connectivity index (χ4v) is 3.10. The molecule has 0 saturated carbocycles. The Balaban J connectivity index is 1.80. The average molecular weight is 339 g/mol. The minimum atomic E-state index is 0.733. The third-order valence-electron chi connectivity index (χ3n) is 4.13. The van der Waals surface area contributed by atoms with Crippen LogP contribution in [0.15, 0.2) is 54.9 Å². The third-order valence-corrected chi connectivity index (χ3v) is 4.53. The molecule has 1 unspecified atom stereocenters. The Morgan fingerprint density at radius 1 is 1.08 bits per heavy atom. The lowest BCUT2D eigenvalue weighted by Gasteiger charge is -2.14. The Hall–Kier alpha value is -2.24. The molecule has 5 heteroatoms. The van der Waals surface area contributed by atoms with E-state index in [2.05, 4.69) is 68.5 Å². The third kappa shape index (κ3) is 3.63. The SMILES string of the molecule is Cc1ccc(C)c(-n2cnn(C[NH+](C)Cc3ccccc3)c2=S)c1. The van der Waals surface area contributed by atoms with Crippen LogP contribution in [-0.4, -0.2) is 21.4 Å².